The van der Waals surface area contributed by atoms with Crippen molar-refractivity contribution in [1.29, 1.82) is 5.26 Å². The van der Waals surface area contributed by atoms with E-state index in [4.69, 9.17) is 21.3 Å². The lowest BCUT2D eigenvalue weighted by Gasteiger charge is -2.65. The number of likely N-dealkylation sites (tertiary alicyclic amines) is 1. The molecule has 3 aliphatic heterocycles. The smallest absolute Gasteiger partial charge is 0.256 e. The summed E-state index contributed by atoms with van der Waals surface area (Å²) in [5.74, 6) is 7.98. The zero-order valence-corrected chi connectivity index (χ0v) is 27.7. The number of fused-ring (bicyclic) bond motifs is 1. The van der Waals surface area contributed by atoms with Crippen molar-refractivity contribution < 1.29 is 9.53 Å². The number of rotatable bonds is 4. The fourth-order valence-corrected chi connectivity index (χ4v) is 9.66. The van der Waals surface area contributed by atoms with Crippen LogP contribution in [0.15, 0.2) is 30.3 Å². The Balaban J connectivity index is 0.973. The lowest BCUT2D eigenvalue weighted by Crippen LogP contribution is -2.74. The zero-order chi connectivity index (χ0) is 31.6. The minimum absolute atomic E-state index is 0.0264. The highest BCUT2D eigenvalue weighted by molar-refractivity contribution is 6.31. The van der Waals surface area contributed by atoms with Gasteiger partial charge in [-0.3, -0.25) is 4.79 Å². The summed E-state index contributed by atoms with van der Waals surface area (Å²) >= 11 is 6.27. The highest BCUT2D eigenvalue weighted by Gasteiger charge is 2.67. The highest BCUT2D eigenvalue weighted by atomic mass is 35.5. The summed E-state index contributed by atoms with van der Waals surface area (Å²) in [5.41, 5.74) is 2.65. The average Bonchev–Trinajstić information content (AvgIpc) is 3.32. The Labute approximate surface area is 272 Å². The van der Waals surface area contributed by atoms with Crippen LogP contribution in [0.4, 0.5) is 0 Å². The first kappa shape index (κ1) is 30.5. The summed E-state index contributed by atoms with van der Waals surface area (Å²) in [5, 5.41) is 13.1. The van der Waals surface area contributed by atoms with Crippen molar-refractivity contribution >= 4 is 17.5 Å². The van der Waals surface area contributed by atoms with Gasteiger partial charge in [-0.05, 0) is 87.2 Å². The molecule has 0 atom stereocenters. The number of nitrogens with zero attached hydrogens (tertiary/aromatic N) is 4. The van der Waals surface area contributed by atoms with Crippen LogP contribution in [-0.4, -0.2) is 65.1 Å². The Morgan fingerprint density at radius 1 is 1.02 bits per heavy atom. The number of carbonyl (C=O) groups excluding carboxylic acids is 1. The van der Waals surface area contributed by atoms with Crippen LogP contribution in [0.2, 0.25) is 5.02 Å². The summed E-state index contributed by atoms with van der Waals surface area (Å²) in [6.45, 7) is 14.0. The summed E-state index contributed by atoms with van der Waals surface area (Å²) in [7, 11) is 0. The van der Waals surface area contributed by atoms with Crippen molar-refractivity contribution in [1.82, 2.24) is 20.1 Å². The summed E-state index contributed by atoms with van der Waals surface area (Å²) in [4.78, 5) is 23.3. The van der Waals surface area contributed by atoms with Crippen LogP contribution < -0.4 is 10.1 Å². The van der Waals surface area contributed by atoms with Crippen molar-refractivity contribution in [2.24, 2.45) is 22.2 Å². The van der Waals surface area contributed by atoms with Crippen LogP contribution >= 0.6 is 11.6 Å². The molecule has 7 rings (SSSR count). The number of halogens is 1. The lowest BCUT2D eigenvalue weighted by atomic mass is 9.49. The third-order valence-corrected chi connectivity index (χ3v) is 12.0. The Morgan fingerprint density at radius 3 is 2.36 bits per heavy atom. The molecule has 1 aromatic heterocycles. The largest absolute Gasteiger partial charge is 0.489 e. The van der Waals surface area contributed by atoms with Gasteiger partial charge in [-0.1, -0.05) is 45.2 Å². The number of hydrogen-bond donors (Lipinski definition) is 1. The first-order valence-electron chi connectivity index (χ1n) is 16.6. The molecule has 0 unspecified atom stereocenters. The van der Waals surface area contributed by atoms with Gasteiger partial charge in [-0.15, -0.1) is 0 Å². The molecule has 1 N–H and O–H groups in total. The molecule has 4 fully saturated rings. The third kappa shape index (κ3) is 5.32. The predicted octanol–water partition coefficient (Wildman–Crippen LogP) is 6.04. The average molecular weight is 626 g/mol. The fourth-order valence-electron chi connectivity index (χ4n) is 9.45. The number of nitrogens with one attached hydrogen (secondary N) is 1. The normalized spacial score (nSPS) is 29.5. The first-order valence-corrected chi connectivity index (χ1v) is 17.0. The van der Waals surface area contributed by atoms with E-state index in [0.29, 0.717) is 39.8 Å². The number of benzene rings is 1. The lowest BCUT2D eigenvalue weighted by molar-refractivity contribution is -0.199. The number of carbonyl (C=O) groups is 1. The van der Waals surface area contributed by atoms with Crippen LogP contribution in [-0.2, 0) is 6.54 Å². The van der Waals surface area contributed by atoms with Gasteiger partial charge in [0.25, 0.3) is 5.91 Å². The van der Waals surface area contributed by atoms with Crippen LogP contribution in [0.3, 0.4) is 0 Å². The van der Waals surface area contributed by atoms with Crippen molar-refractivity contribution in [2.75, 3.05) is 26.2 Å². The molecular formula is C37H44ClN5O2. The minimum atomic E-state index is -0.312. The Morgan fingerprint density at radius 2 is 1.73 bits per heavy atom. The van der Waals surface area contributed by atoms with Gasteiger partial charge in [0.05, 0.1) is 28.4 Å². The Bertz CT molecular complexity index is 1580. The number of amides is 1. The second-order valence-electron chi connectivity index (χ2n) is 15.3. The number of aromatic nitrogens is 1. The third-order valence-electron chi connectivity index (χ3n) is 11.6. The van der Waals surface area contributed by atoms with Gasteiger partial charge < -0.3 is 19.9 Å². The molecule has 45 heavy (non-hydrogen) atoms. The van der Waals surface area contributed by atoms with E-state index >= 15 is 0 Å². The van der Waals surface area contributed by atoms with Crippen LogP contribution in [0.5, 0.6) is 5.75 Å². The SMILES string of the molecule is CC1(C)C(Oc2ccc(C#N)c(Cl)c2)C(C)(C)C1N1Cc2nc(C#CC3CCC(N4CCC5(CC4)CNC5)CC3)ccc2C1=O. The topological polar surface area (TPSA) is 81.5 Å². The van der Waals surface area contributed by atoms with E-state index < -0.39 is 0 Å². The number of piperidine rings is 1. The Kier molecular flexibility index (Phi) is 7.67. The van der Waals surface area contributed by atoms with Gasteiger partial charge in [-0.2, -0.15) is 5.26 Å². The Hall–Kier alpha value is -3.10. The molecule has 236 valence electrons. The molecule has 2 aliphatic carbocycles. The molecule has 8 heteroatoms. The van der Waals surface area contributed by atoms with E-state index in [9.17, 15) is 10.1 Å². The van der Waals surface area contributed by atoms with Crippen molar-refractivity contribution in [3.05, 3.63) is 57.9 Å². The van der Waals surface area contributed by atoms with E-state index in [-0.39, 0.29) is 28.9 Å². The first-order chi connectivity index (χ1) is 21.5. The minimum Gasteiger partial charge on any atom is -0.489 e. The maximum Gasteiger partial charge on any atom is 0.256 e. The van der Waals surface area contributed by atoms with Crippen LogP contribution in [0.25, 0.3) is 0 Å². The van der Waals surface area contributed by atoms with Crippen molar-refractivity contribution in [2.45, 2.75) is 91.0 Å². The molecule has 0 radical (unpaired) electrons. The van der Waals surface area contributed by atoms with Crippen LogP contribution in [0, 0.1) is 45.3 Å². The number of nitriles is 1. The van der Waals surface area contributed by atoms with Gasteiger partial charge in [0.1, 0.15) is 23.6 Å². The summed E-state index contributed by atoms with van der Waals surface area (Å²) in [6.07, 6.45) is 7.34. The molecule has 2 saturated heterocycles. The maximum absolute atomic E-state index is 13.7. The van der Waals surface area contributed by atoms with E-state index in [1.807, 2.05) is 17.0 Å². The fraction of sp³-hybridized carbons (Fsp3) is 0.595. The molecule has 0 bridgehead atoms. The van der Waals surface area contributed by atoms with E-state index in [2.05, 4.69) is 55.8 Å². The monoisotopic (exact) mass is 625 g/mol. The summed E-state index contributed by atoms with van der Waals surface area (Å²) in [6, 6.07) is 11.8. The van der Waals surface area contributed by atoms with E-state index in [1.54, 1.807) is 18.2 Å². The van der Waals surface area contributed by atoms with Crippen LogP contribution in [0.1, 0.15) is 93.5 Å². The molecule has 1 amide bonds. The summed E-state index contributed by atoms with van der Waals surface area (Å²) < 4.78 is 6.46. The number of ether oxygens (including phenoxy) is 1. The van der Waals surface area contributed by atoms with E-state index in [1.165, 1.54) is 51.9 Å². The molecule has 7 nitrogen and oxygen atoms in total. The van der Waals surface area contributed by atoms with Gasteiger partial charge in [-0.25, -0.2) is 4.98 Å². The van der Waals surface area contributed by atoms with Gasteiger partial charge in [0.2, 0.25) is 0 Å². The highest BCUT2D eigenvalue weighted by Crippen LogP contribution is 2.59. The molecule has 1 aromatic carbocycles. The second kappa shape index (κ2) is 11.3. The van der Waals surface area contributed by atoms with E-state index in [0.717, 1.165) is 30.3 Å². The number of pyridine rings is 1. The van der Waals surface area contributed by atoms with Crippen molar-refractivity contribution in [3.8, 4) is 23.7 Å². The molecule has 2 saturated carbocycles. The predicted molar refractivity (Wildman–Crippen MR) is 175 cm³/mol. The molecule has 1 spiro atoms. The molecule has 4 heterocycles. The van der Waals surface area contributed by atoms with Gasteiger partial charge in [0.15, 0.2) is 0 Å². The van der Waals surface area contributed by atoms with Gasteiger partial charge >= 0.3 is 0 Å². The standard InChI is InChI=1S/C37H44ClN5O2/c1-35(2)33(36(3,4)34(35)45-28-13-8-25(20-39)30(38)19-28)43-21-31-29(32(43)44)14-10-26(41-31)9-5-24-6-11-27(12-7-24)42-17-15-37(16-18-42)22-40-23-37/h8,10,13-14,19,24,27,33-34,40H,6-7,11-12,15-18,21-23H2,1-4H3. The second-order valence-corrected chi connectivity index (χ2v) is 15.7. The van der Waals surface area contributed by atoms with Crippen molar-refractivity contribution in [3.63, 3.8) is 0 Å². The molecular weight excluding hydrogens is 582 g/mol. The maximum atomic E-state index is 13.7. The van der Waals surface area contributed by atoms with Gasteiger partial charge in [0, 0.05) is 48.0 Å². The quantitative estimate of drug-likeness (QED) is 0.417. The molecule has 2 aromatic rings. The zero-order valence-electron chi connectivity index (χ0n) is 27.0. The molecule has 5 aliphatic rings. The number of hydrogen-bond acceptors (Lipinski definition) is 6.